The van der Waals surface area contributed by atoms with E-state index in [4.69, 9.17) is 16.3 Å². The van der Waals surface area contributed by atoms with Crippen molar-refractivity contribution in [1.29, 1.82) is 0 Å². The number of nitrogens with one attached hydrogen (secondary N) is 1. The van der Waals surface area contributed by atoms with Gasteiger partial charge in [0.25, 0.3) is 0 Å². The quantitative estimate of drug-likeness (QED) is 0.798. The Labute approximate surface area is 163 Å². The van der Waals surface area contributed by atoms with Crippen molar-refractivity contribution in [3.63, 3.8) is 0 Å². The summed E-state index contributed by atoms with van der Waals surface area (Å²) in [6.45, 7) is 0.505. The highest BCUT2D eigenvalue weighted by Crippen LogP contribution is 2.32. The van der Waals surface area contributed by atoms with Gasteiger partial charge in [0.15, 0.2) is 0 Å². The molecule has 0 unspecified atom stereocenters. The van der Waals surface area contributed by atoms with Crippen LogP contribution in [0.1, 0.15) is 6.42 Å². The summed E-state index contributed by atoms with van der Waals surface area (Å²) in [5.74, 6) is -0.258. The molecular formula is C16H19Cl2N3O4S. The number of halogens is 2. The first-order valence-corrected chi connectivity index (χ1v) is 9.56. The number of nitrogens with zero attached hydrogens (tertiary/aromatic N) is 2. The Morgan fingerprint density at radius 3 is 2.92 bits per heavy atom. The molecular weight excluding hydrogens is 401 g/mol. The summed E-state index contributed by atoms with van der Waals surface area (Å²) in [6.07, 6.45) is 3.56. The average Bonchev–Trinajstić information content (AvgIpc) is 3.04. The zero-order valence-corrected chi connectivity index (χ0v) is 16.4. The van der Waals surface area contributed by atoms with Crippen molar-refractivity contribution < 1.29 is 17.9 Å². The van der Waals surface area contributed by atoms with Crippen LogP contribution in [0.3, 0.4) is 0 Å². The lowest BCUT2D eigenvalue weighted by Crippen LogP contribution is -2.40. The maximum absolute atomic E-state index is 13.1. The first-order chi connectivity index (χ1) is 11.9. The summed E-state index contributed by atoms with van der Waals surface area (Å²) in [5.41, 5.74) is 0. The van der Waals surface area contributed by atoms with E-state index < -0.39 is 10.0 Å². The summed E-state index contributed by atoms with van der Waals surface area (Å²) < 4.78 is 32.3. The molecule has 7 nitrogen and oxygen atoms in total. The van der Waals surface area contributed by atoms with Gasteiger partial charge in [0.2, 0.25) is 15.9 Å². The smallest absolute Gasteiger partial charge is 0.246 e. The Balaban J connectivity index is 0.00000243. The number of fused-ring (bicyclic) bond motifs is 1. The number of methoxy groups -OCH3 is 1. The third-order valence-corrected chi connectivity index (χ3v) is 6.30. The van der Waals surface area contributed by atoms with E-state index in [9.17, 15) is 13.2 Å². The molecule has 2 aromatic rings. The Bertz CT molecular complexity index is 902. The molecule has 0 saturated carbocycles. The Morgan fingerprint density at radius 2 is 2.19 bits per heavy atom. The van der Waals surface area contributed by atoms with Crippen LogP contribution in [-0.4, -0.2) is 56.5 Å². The van der Waals surface area contributed by atoms with E-state index >= 15 is 0 Å². The minimum absolute atomic E-state index is 0. The fourth-order valence-electron chi connectivity index (χ4n) is 2.98. The lowest BCUT2D eigenvalue weighted by molar-refractivity contribution is -0.125. The molecule has 1 aliphatic heterocycles. The number of ether oxygens (including phenoxy) is 1. The van der Waals surface area contributed by atoms with Crippen molar-refractivity contribution in [3.8, 4) is 0 Å². The summed E-state index contributed by atoms with van der Waals surface area (Å²) in [7, 11) is -2.30. The molecule has 1 atom stereocenters. The fourth-order valence-corrected chi connectivity index (χ4v) is 5.04. The molecule has 1 aliphatic rings. The van der Waals surface area contributed by atoms with E-state index in [1.807, 2.05) is 0 Å². The van der Waals surface area contributed by atoms with E-state index in [0.29, 0.717) is 28.8 Å². The third-order valence-electron chi connectivity index (χ3n) is 4.11. The number of carbonyl (C=O) groups is 1. The molecule has 1 aromatic carbocycles. The molecule has 1 N–H and O–H groups in total. The topological polar surface area (TPSA) is 88.6 Å². The number of benzene rings is 1. The summed E-state index contributed by atoms with van der Waals surface area (Å²) in [6, 6.07) is 4.75. The van der Waals surface area contributed by atoms with Gasteiger partial charge in [-0.15, -0.1) is 12.4 Å². The van der Waals surface area contributed by atoms with Gasteiger partial charge in [-0.2, -0.15) is 4.31 Å². The van der Waals surface area contributed by atoms with Crippen molar-refractivity contribution >= 4 is 50.7 Å². The number of pyridine rings is 1. The van der Waals surface area contributed by atoms with Gasteiger partial charge in [-0.1, -0.05) is 23.7 Å². The molecule has 1 aromatic heterocycles. The van der Waals surface area contributed by atoms with Crippen molar-refractivity contribution in [2.24, 2.45) is 0 Å². The van der Waals surface area contributed by atoms with Crippen molar-refractivity contribution in [2.45, 2.75) is 17.4 Å². The van der Waals surface area contributed by atoms with Gasteiger partial charge in [-0.05, 0) is 12.5 Å². The molecule has 1 amide bonds. The molecule has 0 spiro atoms. The van der Waals surface area contributed by atoms with Crippen molar-refractivity contribution in [1.82, 2.24) is 14.6 Å². The van der Waals surface area contributed by atoms with Crippen LogP contribution in [0.5, 0.6) is 0 Å². The number of sulfonamides is 1. The number of hydrogen-bond donors (Lipinski definition) is 1. The SMILES string of the molecule is COCC(=O)N[C@@H]1CCN(S(=O)(=O)c2cccc3cncc(Cl)c23)C1.Cl. The summed E-state index contributed by atoms with van der Waals surface area (Å²) in [5, 5.41) is 4.20. The third kappa shape index (κ3) is 4.10. The zero-order chi connectivity index (χ0) is 18.0. The second-order valence-electron chi connectivity index (χ2n) is 5.82. The number of amides is 1. The average molecular weight is 420 g/mol. The first-order valence-electron chi connectivity index (χ1n) is 7.74. The van der Waals surface area contributed by atoms with Crippen LogP contribution in [-0.2, 0) is 19.6 Å². The summed E-state index contributed by atoms with van der Waals surface area (Å²) >= 11 is 6.19. The van der Waals surface area contributed by atoms with Gasteiger partial charge in [-0.25, -0.2) is 8.42 Å². The normalized spacial score (nSPS) is 17.8. The highest BCUT2D eigenvalue weighted by molar-refractivity contribution is 7.89. The maximum Gasteiger partial charge on any atom is 0.246 e. The van der Waals surface area contributed by atoms with Gasteiger partial charge in [0.05, 0.1) is 9.92 Å². The van der Waals surface area contributed by atoms with Crippen LogP contribution in [0.25, 0.3) is 10.8 Å². The predicted octanol–water partition coefficient (Wildman–Crippen LogP) is 1.84. The van der Waals surface area contributed by atoms with E-state index in [-0.39, 0.29) is 42.4 Å². The standard InChI is InChI=1S/C16H18ClN3O4S.ClH/c1-24-10-15(21)19-12-5-6-20(9-12)25(22,23)14-4-2-3-11-7-18-8-13(17)16(11)14;/h2-4,7-8,12H,5-6,9-10H2,1H3,(H,19,21);1H/t12-;/m1./s1. The Kier molecular flexibility index (Phi) is 6.81. The van der Waals surface area contributed by atoms with Crippen molar-refractivity contribution in [2.75, 3.05) is 26.8 Å². The number of rotatable bonds is 5. The highest BCUT2D eigenvalue weighted by Gasteiger charge is 2.34. The molecule has 3 rings (SSSR count). The lowest BCUT2D eigenvalue weighted by atomic mass is 10.2. The molecule has 1 saturated heterocycles. The number of aromatic nitrogens is 1. The van der Waals surface area contributed by atoms with Crippen LogP contribution in [0.15, 0.2) is 35.5 Å². The van der Waals surface area contributed by atoms with Gasteiger partial charge < -0.3 is 10.1 Å². The van der Waals surface area contributed by atoms with Crippen molar-refractivity contribution in [3.05, 3.63) is 35.6 Å². The van der Waals surface area contributed by atoms with Gasteiger partial charge in [0.1, 0.15) is 6.61 Å². The lowest BCUT2D eigenvalue weighted by Gasteiger charge is -2.18. The monoisotopic (exact) mass is 419 g/mol. The number of hydrogen-bond acceptors (Lipinski definition) is 5. The van der Waals surface area contributed by atoms with Gasteiger partial charge >= 0.3 is 0 Å². The Morgan fingerprint density at radius 1 is 1.42 bits per heavy atom. The summed E-state index contributed by atoms with van der Waals surface area (Å²) in [4.78, 5) is 15.8. The minimum atomic E-state index is -3.73. The molecule has 10 heteroatoms. The van der Waals surface area contributed by atoms with E-state index in [1.54, 1.807) is 24.4 Å². The van der Waals surface area contributed by atoms with E-state index in [1.165, 1.54) is 17.6 Å². The van der Waals surface area contributed by atoms with E-state index in [2.05, 4.69) is 10.3 Å². The molecule has 0 bridgehead atoms. The van der Waals surface area contributed by atoms with E-state index in [0.717, 1.165) is 0 Å². The van der Waals surface area contributed by atoms with Crippen LogP contribution < -0.4 is 5.32 Å². The second kappa shape index (κ2) is 8.49. The highest BCUT2D eigenvalue weighted by atomic mass is 35.5. The first kappa shape index (κ1) is 20.9. The molecule has 26 heavy (non-hydrogen) atoms. The molecule has 1 fully saturated rings. The van der Waals surface area contributed by atoms with Gasteiger partial charge in [-0.3, -0.25) is 9.78 Å². The minimum Gasteiger partial charge on any atom is -0.375 e. The van der Waals surface area contributed by atoms with Crippen LogP contribution >= 0.6 is 24.0 Å². The van der Waals surface area contributed by atoms with Crippen LogP contribution in [0.2, 0.25) is 5.02 Å². The van der Waals surface area contributed by atoms with Gasteiger partial charge in [0, 0.05) is 49.4 Å². The number of carbonyl (C=O) groups excluding carboxylic acids is 1. The largest absolute Gasteiger partial charge is 0.375 e. The molecule has 2 heterocycles. The van der Waals surface area contributed by atoms with Crippen LogP contribution in [0, 0.1) is 0 Å². The van der Waals surface area contributed by atoms with Crippen LogP contribution in [0.4, 0.5) is 0 Å². The molecule has 142 valence electrons. The second-order valence-corrected chi connectivity index (χ2v) is 8.14. The predicted molar refractivity (Wildman–Crippen MR) is 101 cm³/mol. The molecule has 0 radical (unpaired) electrons. The fraction of sp³-hybridized carbons (Fsp3) is 0.375. The Hall–Kier alpha value is -1.45. The zero-order valence-electron chi connectivity index (χ0n) is 14.0. The maximum atomic E-state index is 13.1. The molecule has 0 aliphatic carbocycles.